The first-order valence-corrected chi connectivity index (χ1v) is 8.58. The van der Waals surface area contributed by atoms with Crippen LogP contribution in [-0.2, 0) is 10.2 Å². The molecule has 1 heterocycles. The highest BCUT2D eigenvalue weighted by Gasteiger charge is 2.53. The van der Waals surface area contributed by atoms with E-state index in [2.05, 4.69) is 17.0 Å². The zero-order chi connectivity index (χ0) is 16.6. The van der Waals surface area contributed by atoms with Gasteiger partial charge in [0.05, 0.1) is 5.41 Å². The van der Waals surface area contributed by atoms with Crippen LogP contribution in [0.15, 0.2) is 54.6 Å². The van der Waals surface area contributed by atoms with Crippen LogP contribution in [0.2, 0.25) is 0 Å². The summed E-state index contributed by atoms with van der Waals surface area (Å²) >= 11 is 0. The van der Waals surface area contributed by atoms with Gasteiger partial charge in [0.25, 0.3) is 0 Å². The Bertz CT molecular complexity index is 715. The van der Waals surface area contributed by atoms with E-state index in [0.29, 0.717) is 5.91 Å². The van der Waals surface area contributed by atoms with Gasteiger partial charge in [0.15, 0.2) is 0 Å². The maximum Gasteiger partial charge on any atom is 0.233 e. The van der Waals surface area contributed by atoms with Gasteiger partial charge >= 0.3 is 0 Å². The number of nitrogens with zero attached hydrogens (tertiary/aromatic N) is 2. The van der Waals surface area contributed by atoms with Gasteiger partial charge in [-0.3, -0.25) is 4.79 Å². The average molecular weight is 322 g/mol. The smallest absolute Gasteiger partial charge is 0.233 e. The summed E-state index contributed by atoms with van der Waals surface area (Å²) in [5.41, 5.74) is 2.00. The number of hydrogen-bond donors (Lipinski definition) is 1. The van der Waals surface area contributed by atoms with Crippen LogP contribution in [0.4, 0.5) is 5.69 Å². The number of phenolic OH excluding ortho intramolecular Hbond substituents is 1. The van der Waals surface area contributed by atoms with Crippen molar-refractivity contribution in [2.75, 3.05) is 31.1 Å². The maximum atomic E-state index is 13.0. The van der Waals surface area contributed by atoms with E-state index in [1.54, 1.807) is 12.1 Å². The Hall–Kier alpha value is -2.49. The van der Waals surface area contributed by atoms with Crippen LogP contribution in [0.25, 0.3) is 0 Å². The molecule has 1 N–H and O–H groups in total. The van der Waals surface area contributed by atoms with Crippen LogP contribution in [0.5, 0.6) is 5.75 Å². The molecule has 2 aromatic rings. The van der Waals surface area contributed by atoms with Crippen LogP contribution < -0.4 is 4.90 Å². The van der Waals surface area contributed by atoms with Gasteiger partial charge in [0, 0.05) is 31.9 Å². The predicted molar refractivity (Wildman–Crippen MR) is 94.3 cm³/mol. The molecule has 4 nitrogen and oxygen atoms in total. The summed E-state index contributed by atoms with van der Waals surface area (Å²) in [5, 5.41) is 9.40. The minimum atomic E-state index is -0.262. The molecule has 4 heteroatoms. The van der Waals surface area contributed by atoms with E-state index < -0.39 is 0 Å². The summed E-state index contributed by atoms with van der Waals surface area (Å²) in [5.74, 6) is 0.574. The van der Waals surface area contributed by atoms with Crippen molar-refractivity contribution in [1.82, 2.24) is 4.90 Å². The van der Waals surface area contributed by atoms with Crippen LogP contribution >= 0.6 is 0 Å². The molecule has 2 aromatic carbocycles. The first kappa shape index (κ1) is 15.1. The number of rotatable bonds is 3. The van der Waals surface area contributed by atoms with Crippen molar-refractivity contribution in [2.24, 2.45) is 0 Å². The molecule has 0 radical (unpaired) electrons. The monoisotopic (exact) mass is 322 g/mol. The minimum Gasteiger partial charge on any atom is -0.508 e. The molecule has 24 heavy (non-hydrogen) atoms. The van der Waals surface area contributed by atoms with Crippen LogP contribution in [0.3, 0.4) is 0 Å². The van der Waals surface area contributed by atoms with Gasteiger partial charge < -0.3 is 14.9 Å². The van der Waals surface area contributed by atoms with Crippen molar-refractivity contribution in [3.63, 3.8) is 0 Å². The number of carbonyl (C=O) groups is 1. The van der Waals surface area contributed by atoms with E-state index in [1.165, 1.54) is 0 Å². The molecule has 0 bridgehead atoms. The number of carbonyl (C=O) groups excluding carboxylic acids is 1. The number of piperazine rings is 1. The molecule has 4 rings (SSSR count). The third-order valence-corrected chi connectivity index (χ3v) is 5.27. The molecule has 124 valence electrons. The molecule has 1 saturated heterocycles. The van der Waals surface area contributed by atoms with E-state index in [-0.39, 0.29) is 11.2 Å². The van der Waals surface area contributed by atoms with Crippen molar-refractivity contribution in [3.05, 3.63) is 60.2 Å². The Labute approximate surface area is 142 Å². The van der Waals surface area contributed by atoms with E-state index in [1.807, 2.05) is 35.2 Å². The molecule has 1 amide bonds. The third kappa shape index (κ3) is 2.62. The normalized spacial score (nSPS) is 19.2. The van der Waals surface area contributed by atoms with Gasteiger partial charge in [-0.05, 0) is 42.7 Å². The van der Waals surface area contributed by atoms with Gasteiger partial charge in [-0.15, -0.1) is 0 Å². The Morgan fingerprint density at radius 3 is 2.08 bits per heavy atom. The Morgan fingerprint density at radius 1 is 0.875 bits per heavy atom. The summed E-state index contributed by atoms with van der Waals surface area (Å²) in [6.45, 7) is 3.19. The molecule has 0 aromatic heterocycles. The molecular weight excluding hydrogens is 300 g/mol. The molecular formula is C20H22N2O2. The molecule has 2 aliphatic rings. The fraction of sp³-hybridized carbons (Fsp3) is 0.350. The molecule has 1 saturated carbocycles. The van der Waals surface area contributed by atoms with Crippen LogP contribution in [-0.4, -0.2) is 42.1 Å². The summed E-state index contributed by atoms with van der Waals surface area (Å²) in [4.78, 5) is 17.3. The zero-order valence-electron chi connectivity index (χ0n) is 13.7. The van der Waals surface area contributed by atoms with Crippen molar-refractivity contribution in [1.29, 1.82) is 0 Å². The zero-order valence-corrected chi connectivity index (χ0v) is 13.7. The van der Waals surface area contributed by atoms with Crippen LogP contribution in [0.1, 0.15) is 18.4 Å². The largest absolute Gasteiger partial charge is 0.508 e. The Balaban J connectivity index is 1.43. The Morgan fingerprint density at radius 2 is 1.50 bits per heavy atom. The highest BCUT2D eigenvalue weighted by molar-refractivity contribution is 5.91. The van der Waals surface area contributed by atoms with Gasteiger partial charge in [0.1, 0.15) is 5.75 Å². The lowest BCUT2D eigenvalue weighted by Gasteiger charge is -2.38. The average Bonchev–Trinajstić information content (AvgIpc) is 3.45. The van der Waals surface area contributed by atoms with Crippen molar-refractivity contribution < 1.29 is 9.90 Å². The second-order valence-corrected chi connectivity index (χ2v) is 6.74. The van der Waals surface area contributed by atoms with Gasteiger partial charge in [-0.25, -0.2) is 0 Å². The first-order chi connectivity index (χ1) is 11.7. The number of benzene rings is 2. The minimum absolute atomic E-state index is 0.262. The van der Waals surface area contributed by atoms with E-state index in [9.17, 15) is 9.90 Å². The van der Waals surface area contributed by atoms with E-state index in [4.69, 9.17) is 0 Å². The van der Waals surface area contributed by atoms with Gasteiger partial charge in [-0.1, -0.05) is 30.3 Å². The Kier molecular flexibility index (Phi) is 3.68. The van der Waals surface area contributed by atoms with E-state index >= 15 is 0 Å². The molecule has 0 atom stereocenters. The van der Waals surface area contributed by atoms with E-state index in [0.717, 1.165) is 50.3 Å². The highest BCUT2D eigenvalue weighted by atomic mass is 16.3. The SMILES string of the molecule is O=C(N1CCN(c2ccc(O)cc2)CC1)C1(c2ccccc2)CC1. The molecule has 0 spiro atoms. The highest BCUT2D eigenvalue weighted by Crippen LogP contribution is 2.49. The molecule has 2 fully saturated rings. The lowest BCUT2D eigenvalue weighted by atomic mass is 9.94. The van der Waals surface area contributed by atoms with Crippen molar-refractivity contribution in [3.8, 4) is 5.75 Å². The second kappa shape index (κ2) is 5.86. The number of aromatic hydroxyl groups is 1. The summed E-state index contributed by atoms with van der Waals surface area (Å²) in [7, 11) is 0. The fourth-order valence-corrected chi connectivity index (χ4v) is 3.64. The predicted octanol–water partition coefficient (Wildman–Crippen LogP) is 2.77. The quantitative estimate of drug-likeness (QED) is 0.945. The lowest BCUT2D eigenvalue weighted by molar-refractivity contribution is -0.134. The lowest BCUT2D eigenvalue weighted by Crippen LogP contribution is -2.51. The summed E-state index contributed by atoms with van der Waals surface area (Å²) < 4.78 is 0. The third-order valence-electron chi connectivity index (χ3n) is 5.27. The number of hydrogen-bond acceptors (Lipinski definition) is 3. The maximum absolute atomic E-state index is 13.0. The topological polar surface area (TPSA) is 43.8 Å². The first-order valence-electron chi connectivity index (χ1n) is 8.58. The fourth-order valence-electron chi connectivity index (χ4n) is 3.64. The second-order valence-electron chi connectivity index (χ2n) is 6.74. The molecule has 1 aliphatic heterocycles. The molecule has 0 unspecified atom stereocenters. The van der Waals surface area contributed by atoms with Crippen molar-refractivity contribution >= 4 is 11.6 Å². The standard InChI is InChI=1S/C20H22N2O2/c23-18-8-6-17(7-9-18)21-12-14-22(15-13-21)19(24)20(10-11-20)16-4-2-1-3-5-16/h1-9,23H,10-15H2. The molecule has 1 aliphatic carbocycles. The van der Waals surface area contributed by atoms with Crippen LogP contribution in [0, 0.1) is 0 Å². The number of amides is 1. The summed E-state index contributed by atoms with van der Waals surface area (Å²) in [6.07, 6.45) is 1.93. The van der Waals surface area contributed by atoms with Gasteiger partial charge in [0.2, 0.25) is 5.91 Å². The van der Waals surface area contributed by atoms with Gasteiger partial charge in [-0.2, -0.15) is 0 Å². The number of anilines is 1. The summed E-state index contributed by atoms with van der Waals surface area (Å²) in [6, 6.07) is 17.5. The number of phenols is 1. The van der Waals surface area contributed by atoms with Crippen molar-refractivity contribution in [2.45, 2.75) is 18.3 Å².